The van der Waals surface area contributed by atoms with Crippen molar-refractivity contribution in [3.05, 3.63) is 163 Å². The molecule has 5 heteroatoms. The molecule has 0 amide bonds. The summed E-state index contributed by atoms with van der Waals surface area (Å²) in [6, 6.07) is 42.7. The maximum Gasteiger partial charge on any atom is 0.158 e. The van der Waals surface area contributed by atoms with E-state index in [1.54, 1.807) is 0 Å². The fourth-order valence-corrected chi connectivity index (χ4v) is 6.78. The zero-order chi connectivity index (χ0) is 30.2. The number of allylic oxidation sites excluding steroid dienone is 1. The van der Waals surface area contributed by atoms with E-state index in [2.05, 4.69) is 168 Å². The molecule has 5 aromatic rings. The summed E-state index contributed by atoms with van der Waals surface area (Å²) in [6.07, 6.45) is 5.12. The van der Waals surface area contributed by atoms with E-state index in [0.29, 0.717) is 0 Å². The van der Waals surface area contributed by atoms with Gasteiger partial charge in [-0.2, -0.15) is 0 Å². The van der Waals surface area contributed by atoms with Crippen LogP contribution in [0.3, 0.4) is 0 Å². The Morgan fingerprint density at radius 3 is 1.89 bits per heavy atom. The number of anilines is 6. The van der Waals surface area contributed by atoms with Crippen LogP contribution in [0.1, 0.15) is 25.0 Å². The summed E-state index contributed by atoms with van der Waals surface area (Å²) in [5.41, 5.74) is 10.4. The van der Waals surface area contributed by atoms with Crippen molar-refractivity contribution in [3.8, 4) is 0 Å². The van der Waals surface area contributed by atoms with Crippen LogP contribution in [0, 0.1) is 6.92 Å². The van der Waals surface area contributed by atoms with Gasteiger partial charge in [-0.1, -0.05) is 85.5 Å². The highest BCUT2D eigenvalue weighted by molar-refractivity contribution is 5.86. The summed E-state index contributed by atoms with van der Waals surface area (Å²) in [5.74, 6) is 0.974. The van der Waals surface area contributed by atoms with Gasteiger partial charge in [0.2, 0.25) is 0 Å². The maximum atomic E-state index is 4.84. The number of hydrogen-bond donors (Lipinski definition) is 0. The number of hydrogen-bond acceptors (Lipinski definition) is 5. The Morgan fingerprint density at radius 2 is 1.18 bits per heavy atom. The summed E-state index contributed by atoms with van der Waals surface area (Å²) in [5, 5.41) is 0. The van der Waals surface area contributed by atoms with Crippen molar-refractivity contribution < 1.29 is 0 Å². The Labute approximate surface area is 260 Å². The molecule has 3 heterocycles. The number of fused-ring (bicyclic) bond motifs is 1. The Bertz CT molecular complexity index is 1830. The first-order valence-electron chi connectivity index (χ1n) is 15.3. The summed E-state index contributed by atoms with van der Waals surface area (Å²) in [6.45, 7) is 11.3. The van der Waals surface area contributed by atoms with Crippen LogP contribution in [-0.2, 0) is 6.42 Å². The maximum absolute atomic E-state index is 4.84. The molecule has 0 N–H and O–H groups in total. The van der Waals surface area contributed by atoms with Gasteiger partial charge < -0.3 is 19.6 Å². The van der Waals surface area contributed by atoms with Crippen molar-refractivity contribution >= 4 is 34.3 Å². The highest BCUT2D eigenvalue weighted by atomic mass is 15.4. The van der Waals surface area contributed by atoms with E-state index in [4.69, 9.17) is 4.98 Å². The lowest BCUT2D eigenvalue weighted by molar-refractivity contribution is 0.750. The van der Waals surface area contributed by atoms with Gasteiger partial charge in [0.05, 0.1) is 17.1 Å². The molecule has 0 spiro atoms. The van der Waals surface area contributed by atoms with E-state index in [0.717, 1.165) is 40.7 Å². The van der Waals surface area contributed by atoms with Crippen molar-refractivity contribution in [1.29, 1.82) is 0 Å². The van der Waals surface area contributed by atoms with Gasteiger partial charge in [-0.3, -0.25) is 0 Å². The summed E-state index contributed by atoms with van der Waals surface area (Å²) in [4.78, 5) is 14.4. The van der Waals surface area contributed by atoms with Crippen LogP contribution in [0.2, 0.25) is 0 Å². The zero-order valence-electron chi connectivity index (χ0n) is 25.5. The predicted molar refractivity (Wildman–Crippen MR) is 184 cm³/mol. The van der Waals surface area contributed by atoms with Crippen LogP contribution >= 0.6 is 0 Å². The van der Waals surface area contributed by atoms with Crippen LogP contribution in [0.25, 0.3) is 0 Å². The van der Waals surface area contributed by atoms with Gasteiger partial charge in [0, 0.05) is 28.9 Å². The molecule has 0 aliphatic carbocycles. The topological polar surface area (TPSA) is 25.9 Å². The molecule has 2 unspecified atom stereocenters. The van der Waals surface area contributed by atoms with Gasteiger partial charge in [-0.15, -0.1) is 0 Å². The quantitative estimate of drug-likeness (QED) is 0.201. The highest BCUT2D eigenvalue weighted by Gasteiger charge is 2.38. The van der Waals surface area contributed by atoms with E-state index in [-0.39, 0.29) is 12.3 Å². The Balaban J connectivity index is 1.29. The predicted octanol–water partition coefficient (Wildman–Crippen LogP) is 9.34. The van der Waals surface area contributed by atoms with Crippen LogP contribution < -0.4 is 19.6 Å². The molecule has 7 rings (SSSR count). The molecule has 1 aromatic heterocycles. The van der Waals surface area contributed by atoms with Crippen LogP contribution in [0.15, 0.2) is 152 Å². The van der Waals surface area contributed by atoms with Crippen molar-refractivity contribution in [1.82, 2.24) is 4.98 Å². The number of para-hydroxylation sites is 4. The molecule has 2 atom stereocenters. The largest absolute Gasteiger partial charge is 0.319 e. The summed E-state index contributed by atoms with van der Waals surface area (Å²) >= 11 is 0. The number of rotatable bonds is 6. The molecule has 44 heavy (non-hydrogen) atoms. The van der Waals surface area contributed by atoms with Crippen molar-refractivity contribution in [2.24, 2.45) is 0 Å². The molecule has 2 aliphatic rings. The lowest BCUT2D eigenvalue weighted by Crippen LogP contribution is -2.36. The number of benzene rings is 4. The Kier molecular flexibility index (Phi) is 7.15. The number of aryl methyl sites for hydroxylation is 1. The van der Waals surface area contributed by atoms with Crippen molar-refractivity contribution in [2.45, 2.75) is 39.5 Å². The minimum atomic E-state index is 0.0506. The van der Waals surface area contributed by atoms with Gasteiger partial charge in [0.1, 0.15) is 12.3 Å². The average molecular weight is 576 g/mol. The lowest BCUT2D eigenvalue weighted by Gasteiger charge is -2.31. The first kappa shape index (κ1) is 27.5. The fourth-order valence-electron chi connectivity index (χ4n) is 6.78. The molecular formula is C39H37N5. The fraction of sp³-hybridized carbons (Fsp3) is 0.154. The Morgan fingerprint density at radius 1 is 0.614 bits per heavy atom. The minimum absolute atomic E-state index is 0.0506. The van der Waals surface area contributed by atoms with Crippen LogP contribution in [0.5, 0.6) is 0 Å². The second kappa shape index (κ2) is 11.4. The molecule has 218 valence electrons. The monoisotopic (exact) mass is 575 g/mol. The van der Waals surface area contributed by atoms with E-state index in [9.17, 15) is 0 Å². The summed E-state index contributed by atoms with van der Waals surface area (Å²) in [7, 11) is 0. The van der Waals surface area contributed by atoms with Crippen LogP contribution in [0.4, 0.5) is 34.3 Å². The molecule has 0 saturated carbocycles. The number of nitrogens with zero attached hydrogens (tertiary/aromatic N) is 5. The molecular weight excluding hydrogens is 538 g/mol. The first-order chi connectivity index (χ1) is 21.5. The first-order valence-corrected chi connectivity index (χ1v) is 15.3. The number of aromatic nitrogens is 1. The molecule has 2 aliphatic heterocycles. The van der Waals surface area contributed by atoms with Gasteiger partial charge in [0.15, 0.2) is 5.82 Å². The average Bonchev–Trinajstić information content (AvgIpc) is 3.49. The third-order valence-corrected chi connectivity index (χ3v) is 8.80. The van der Waals surface area contributed by atoms with Crippen LogP contribution in [-0.4, -0.2) is 17.3 Å². The van der Waals surface area contributed by atoms with E-state index < -0.39 is 0 Å². The van der Waals surface area contributed by atoms with Crippen molar-refractivity contribution in [3.63, 3.8) is 0 Å². The second-order valence-corrected chi connectivity index (χ2v) is 11.4. The van der Waals surface area contributed by atoms with Gasteiger partial charge >= 0.3 is 0 Å². The second-order valence-electron chi connectivity index (χ2n) is 11.4. The van der Waals surface area contributed by atoms with Crippen molar-refractivity contribution in [2.75, 3.05) is 19.6 Å². The van der Waals surface area contributed by atoms with Gasteiger partial charge in [0.25, 0.3) is 0 Å². The third kappa shape index (κ3) is 4.62. The normalized spacial score (nSPS) is 18.8. The molecule has 4 aromatic carbocycles. The smallest absolute Gasteiger partial charge is 0.158 e. The number of pyridine rings is 1. The van der Waals surface area contributed by atoms with E-state index >= 15 is 0 Å². The van der Waals surface area contributed by atoms with Gasteiger partial charge in [-0.25, -0.2) is 4.98 Å². The molecule has 1 saturated heterocycles. The Hall–Kier alpha value is -5.29. The van der Waals surface area contributed by atoms with E-state index in [1.165, 1.54) is 22.5 Å². The SMILES string of the molecule is C=C1C(=CCc2ccccc2N2c3cccnc3N(c3ccccc3)C2C)N(c2ccccc2C)C(C)N1c1ccccc1. The zero-order valence-corrected chi connectivity index (χ0v) is 25.5. The highest BCUT2D eigenvalue weighted by Crippen LogP contribution is 2.47. The van der Waals surface area contributed by atoms with Gasteiger partial charge in [-0.05, 0) is 86.8 Å². The van der Waals surface area contributed by atoms with E-state index in [1.807, 2.05) is 12.3 Å². The molecule has 1 fully saturated rings. The standard InChI is InChI=1S/C39H37N5/c1-28-16-11-13-22-35(28)43-30(3)41(33-18-7-5-8-19-33)29(2)36(43)26-25-32-17-12-14-23-37(32)44-31(4)42(34-20-9-6-10-21-34)39-38(44)24-15-27-40-39/h5-24,26-27,30-31H,2,25H2,1,3-4H3. The lowest BCUT2D eigenvalue weighted by atomic mass is 10.1. The molecule has 0 radical (unpaired) electrons. The minimum Gasteiger partial charge on any atom is -0.319 e. The molecule has 5 nitrogen and oxygen atoms in total. The third-order valence-electron chi connectivity index (χ3n) is 8.80. The summed E-state index contributed by atoms with van der Waals surface area (Å²) < 4.78 is 0. The molecule has 0 bridgehead atoms.